The Labute approximate surface area is 111 Å². The van der Waals surface area contributed by atoms with Crippen molar-refractivity contribution in [2.45, 2.75) is 18.9 Å². The maximum absolute atomic E-state index is 10.6. The molecular formula is C15H15N3O. The fourth-order valence-corrected chi connectivity index (χ4v) is 2.91. The zero-order chi connectivity index (χ0) is 13.5. The third kappa shape index (κ3) is 1.74. The highest BCUT2D eigenvalue weighted by Gasteiger charge is 2.45. The lowest BCUT2D eigenvalue weighted by Gasteiger charge is -2.26. The maximum Gasteiger partial charge on any atom is 0.115 e. The van der Waals surface area contributed by atoms with E-state index in [0.717, 1.165) is 11.1 Å². The molecule has 0 saturated heterocycles. The summed E-state index contributed by atoms with van der Waals surface area (Å²) >= 11 is 0. The van der Waals surface area contributed by atoms with Gasteiger partial charge in [0.05, 0.1) is 17.2 Å². The van der Waals surface area contributed by atoms with E-state index in [9.17, 15) is 10.4 Å². The summed E-state index contributed by atoms with van der Waals surface area (Å²) in [6.07, 6.45) is 2.00. The van der Waals surface area contributed by atoms with E-state index in [2.05, 4.69) is 11.2 Å². The van der Waals surface area contributed by atoms with Crippen LogP contribution in [-0.4, -0.2) is 14.9 Å². The Balaban J connectivity index is 2.00. The van der Waals surface area contributed by atoms with E-state index in [0.29, 0.717) is 18.5 Å². The second kappa shape index (κ2) is 4.22. The average Bonchev–Trinajstić information content (AvgIpc) is 3.01. The van der Waals surface area contributed by atoms with E-state index in [1.54, 1.807) is 24.0 Å². The predicted molar refractivity (Wildman–Crippen MR) is 70.1 cm³/mol. The number of nitriles is 1. The van der Waals surface area contributed by atoms with Crippen molar-refractivity contribution in [1.82, 2.24) is 9.78 Å². The number of benzene rings is 1. The quantitative estimate of drug-likeness (QED) is 0.887. The van der Waals surface area contributed by atoms with Crippen molar-refractivity contribution in [2.75, 3.05) is 0 Å². The molecule has 1 unspecified atom stereocenters. The van der Waals surface area contributed by atoms with Gasteiger partial charge < -0.3 is 5.11 Å². The Bertz CT molecular complexity index is 628. The van der Waals surface area contributed by atoms with Crippen LogP contribution in [0.5, 0.6) is 0 Å². The van der Waals surface area contributed by atoms with Gasteiger partial charge >= 0.3 is 0 Å². The van der Waals surface area contributed by atoms with Crippen molar-refractivity contribution in [3.63, 3.8) is 0 Å². The van der Waals surface area contributed by atoms with Gasteiger partial charge in [-0.15, -0.1) is 0 Å². The summed E-state index contributed by atoms with van der Waals surface area (Å²) in [6.45, 7) is 0. The molecule has 1 aromatic carbocycles. The van der Waals surface area contributed by atoms with Gasteiger partial charge in [0, 0.05) is 13.2 Å². The van der Waals surface area contributed by atoms with Crippen LogP contribution in [0.2, 0.25) is 0 Å². The highest BCUT2D eigenvalue weighted by atomic mass is 16.3. The number of aliphatic hydroxyl groups is 1. The third-order valence-electron chi connectivity index (χ3n) is 4.02. The molecule has 3 rings (SSSR count). The minimum atomic E-state index is -0.822. The zero-order valence-electron chi connectivity index (χ0n) is 10.7. The van der Waals surface area contributed by atoms with Gasteiger partial charge in [0.25, 0.3) is 0 Å². The van der Waals surface area contributed by atoms with Crippen molar-refractivity contribution in [2.24, 2.45) is 12.5 Å². The van der Waals surface area contributed by atoms with Gasteiger partial charge in [-0.1, -0.05) is 24.3 Å². The lowest BCUT2D eigenvalue weighted by Crippen LogP contribution is -2.29. The number of aromatic nitrogens is 2. The molecule has 96 valence electrons. The van der Waals surface area contributed by atoms with Crippen LogP contribution in [0.15, 0.2) is 36.5 Å². The molecule has 0 aliphatic heterocycles. The minimum Gasteiger partial charge on any atom is -0.385 e. The first-order valence-corrected chi connectivity index (χ1v) is 6.30. The van der Waals surface area contributed by atoms with Gasteiger partial charge in [-0.05, 0) is 30.0 Å². The molecule has 0 amide bonds. The summed E-state index contributed by atoms with van der Waals surface area (Å²) in [5.74, 6) is 0. The van der Waals surface area contributed by atoms with E-state index in [1.165, 1.54) is 0 Å². The van der Waals surface area contributed by atoms with Crippen LogP contribution in [-0.2, 0) is 19.9 Å². The second-order valence-electron chi connectivity index (χ2n) is 5.17. The predicted octanol–water partition coefficient (Wildman–Crippen LogP) is 1.76. The normalized spacial score (nSPS) is 17.7. The van der Waals surface area contributed by atoms with Crippen molar-refractivity contribution in [1.29, 1.82) is 5.26 Å². The van der Waals surface area contributed by atoms with Gasteiger partial charge in [0.1, 0.15) is 6.10 Å². The molecule has 1 aliphatic carbocycles. The summed E-state index contributed by atoms with van der Waals surface area (Å²) < 4.78 is 1.63. The number of hydrogen-bond donors (Lipinski definition) is 1. The number of nitrogens with zero attached hydrogens (tertiary/aromatic N) is 3. The van der Waals surface area contributed by atoms with E-state index in [-0.39, 0.29) is 0 Å². The number of hydrogen-bond acceptors (Lipinski definition) is 3. The molecule has 0 radical (unpaired) electrons. The lowest BCUT2D eigenvalue weighted by atomic mass is 9.79. The molecule has 1 aliphatic rings. The monoisotopic (exact) mass is 253 g/mol. The Morgan fingerprint density at radius 3 is 2.42 bits per heavy atom. The van der Waals surface area contributed by atoms with Crippen molar-refractivity contribution in [3.05, 3.63) is 53.3 Å². The fraction of sp³-hybridized carbons (Fsp3) is 0.333. The maximum atomic E-state index is 10.6. The SMILES string of the molecule is Cn1nccc1C(O)C1(C#N)Cc2ccccc2C1. The van der Waals surface area contributed by atoms with Gasteiger partial charge in [0.2, 0.25) is 0 Å². The first-order chi connectivity index (χ1) is 9.16. The molecule has 1 aromatic heterocycles. The summed E-state index contributed by atoms with van der Waals surface area (Å²) in [6, 6.07) is 12.1. The van der Waals surface area contributed by atoms with Crippen LogP contribution in [0.3, 0.4) is 0 Å². The molecule has 0 fully saturated rings. The Morgan fingerprint density at radius 2 is 1.95 bits per heavy atom. The van der Waals surface area contributed by atoms with Gasteiger partial charge in [0.15, 0.2) is 0 Å². The number of aliphatic hydroxyl groups excluding tert-OH is 1. The summed E-state index contributed by atoms with van der Waals surface area (Å²) in [5.41, 5.74) is 2.22. The number of rotatable bonds is 2. The Morgan fingerprint density at radius 1 is 1.32 bits per heavy atom. The molecular weight excluding hydrogens is 238 g/mol. The smallest absolute Gasteiger partial charge is 0.115 e. The van der Waals surface area contributed by atoms with Crippen molar-refractivity contribution >= 4 is 0 Å². The summed E-state index contributed by atoms with van der Waals surface area (Å²) in [5, 5.41) is 24.3. The van der Waals surface area contributed by atoms with E-state index < -0.39 is 11.5 Å². The van der Waals surface area contributed by atoms with E-state index in [4.69, 9.17) is 0 Å². The van der Waals surface area contributed by atoms with Gasteiger partial charge in [-0.3, -0.25) is 4.68 Å². The van der Waals surface area contributed by atoms with Crippen molar-refractivity contribution in [3.8, 4) is 6.07 Å². The van der Waals surface area contributed by atoms with E-state index in [1.807, 2.05) is 24.3 Å². The van der Waals surface area contributed by atoms with Gasteiger partial charge in [-0.25, -0.2) is 0 Å². The third-order valence-corrected chi connectivity index (χ3v) is 4.02. The Hall–Kier alpha value is -2.12. The molecule has 4 nitrogen and oxygen atoms in total. The first-order valence-electron chi connectivity index (χ1n) is 6.30. The van der Waals surface area contributed by atoms with Crippen LogP contribution in [0.4, 0.5) is 0 Å². The summed E-state index contributed by atoms with van der Waals surface area (Å²) in [7, 11) is 1.78. The molecule has 1 atom stereocenters. The standard InChI is InChI=1S/C15H15N3O/c1-18-13(6-7-17-18)14(19)15(10-16)8-11-4-2-3-5-12(11)9-15/h2-7,14,19H,8-9H2,1H3. The van der Waals surface area contributed by atoms with Crippen molar-refractivity contribution < 1.29 is 5.11 Å². The summed E-state index contributed by atoms with van der Waals surface area (Å²) in [4.78, 5) is 0. The van der Waals surface area contributed by atoms with Crippen LogP contribution in [0.1, 0.15) is 22.9 Å². The molecule has 1 heterocycles. The van der Waals surface area contributed by atoms with Crippen LogP contribution in [0, 0.1) is 16.7 Å². The van der Waals surface area contributed by atoms with Crippen LogP contribution in [0.25, 0.3) is 0 Å². The first kappa shape index (κ1) is 11.9. The zero-order valence-corrected chi connectivity index (χ0v) is 10.7. The molecule has 4 heteroatoms. The lowest BCUT2D eigenvalue weighted by molar-refractivity contribution is 0.0621. The molecule has 0 bridgehead atoms. The highest BCUT2D eigenvalue weighted by Crippen LogP contribution is 2.45. The van der Waals surface area contributed by atoms with Crippen LogP contribution >= 0.6 is 0 Å². The Kier molecular flexibility index (Phi) is 2.65. The number of aryl methyl sites for hydroxylation is 1. The highest BCUT2D eigenvalue weighted by molar-refractivity contribution is 5.38. The molecule has 19 heavy (non-hydrogen) atoms. The van der Waals surface area contributed by atoms with E-state index >= 15 is 0 Å². The molecule has 0 spiro atoms. The largest absolute Gasteiger partial charge is 0.385 e. The molecule has 1 N–H and O–H groups in total. The fourth-order valence-electron chi connectivity index (χ4n) is 2.91. The average molecular weight is 253 g/mol. The van der Waals surface area contributed by atoms with Crippen LogP contribution < -0.4 is 0 Å². The topological polar surface area (TPSA) is 61.8 Å². The second-order valence-corrected chi connectivity index (χ2v) is 5.17. The molecule has 2 aromatic rings. The van der Waals surface area contributed by atoms with Gasteiger partial charge in [-0.2, -0.15) is 10.4 Å². The number of fused-ring (bicyclic) bond motifs is 1. The molecule has 0 saturated carbocycles. The minimum absolute atomic E-state index is 0.589.